The van der Waals surface area contributed by atoms with Gasteiger partial charge in [-0.15, -0.1) is 0 Å². The fourth-order valence-electron chi connectivity index (χ4n) is 4.21. The molecule has 9 nitrogen and oxygen atoms in total. The molecule has 3 aromatic rings. The highest BCUT2D eigenvalue weighted by atomic mass is 35.5. The number of ether oxygens (including phenoxy) is 2. The Kier molecular flexibility index (Phi) is 10.8. The van der Waals surface area contributed by atoms with Crippen LogP contribution in [0, 0.1) is 0 Å². The maximum atomic E-state index is 12.9. The molecule has 210 valence electrons. The fourth-order valence-corrected chi connectivity index (χ4v) is 4.43. The molecule has 0 saturated carbocycles. The Bertz CT molecular complexity index is 1260. The third-order valence-electron chi connectivity index (χ3n) is 6.16. The molecule has 2 atom stereocenters. The minimum Gasteiger partial charge on any atom is -0.489 e. The summed E-state index contributed by atoms with van der Waals surface area (Å²) < 4.78 is 12.3. The summed E-state index contributed by atoms with van der Waals surface area (Å²) in [5.74, 6) is 0.993. The highest BCUT2D eigenvalue weighted by Gasteiger charge is 2.19. The van der Waals surface area contributed by atoms with Crippen molar-refractivity contribution in [2.45, 2.75) is 65.3 Å². The number of carbonyl (C=O) groups is 2. The summed E-state index contributed by atoms with van der Waals surface area (Å²) in [6, 6.07) is 12.3. The summed E-state index contributed by atoms with van der Waals surface area (Å²) in [7, 11) is 1.33. The van der Waals surface area contributed by atoms with Crippen LogP contribution >= 0.6 is 11.6 Å². The summed E-state index contributed by atoms with van der Waals surface area (Å²) in [5, 5.41) is 15.7. The lowest BCUT2D eigenvalue weighted by Crippen LogP contribution is -2.37. The summed E-state index contributed by atoms with van der Waals surface area (Å²) in [4.78, 5) is 29.3. The van der Waals surface area contributed by atoms with Crippen LogP contribution < -0.4 is 15.4 Å². The zero-order valence-corrected chi connectivity index (χ0v) is 23.8. The second kappa shape index (κ2) is 14.0. The van der Waals surface area contributed by atoms with Crippen molar-refractivity contribution in [3.05, 3.63) is 70.6 Å². The van der Waals surface area contributed by atoms with Crippen molar-refractivity contribution in [3.8, 4) is 17.0 Å². The van der Waals surface area contributed by atoms with Gasteiger partial charge in [-0.25, -0.2) is 9.78 Å². The van der Waals surface area contributed by atoms with Crippen LogP contribution in [0.3, 0.4) is 0 Å². The van der Waals surface area contributed by atoms with Gasteiger partial charge >= 0.3 is 6.09 Å². The number of aromatic nitrogens is 2. The highest BCUT2D eigenvalue weighted by Crippen LogP contribution is 2.27. The van der Waals surface area contributed by atoms with Crippen molar-refractivity contribution in [2.75, 3.05) is 13.7 Å². The normalized spacial score (nSPS) is 12.6. The first-order valence-electron chi connectivity index (χ1n) is 13.0. The number of halogens is 1. The van der Waals surface area contributed by atoms with E-state index in [-0.39, 0.29) is 30.7 Å². The largest absolute Gasteiger partial charge is 0.489 e. The topological polar surface area (TPSA) is 115 Å². The molecule has 0 aliphatic carbocycles. The summed E-state index contributed by atoms with van der Waals surface area (Å²) in [5.41, 5.74) is 3.15. The molecule has 1 aromatic heterocycles. The Morgan fingerprint density at radius 3 is 2.41 bits per heavy atom. The molecule has 2 amide bonds. The number of aliphatic hydroxyl groups is 1. The van der Waals surface area contributed by atoms with Gasteiger partial charge in [0, 0.05) is 36.5 Å². The van der Waals surface area contributed by atoms with Crippen LogP contribution in [0.4, 0.5) is 4.79 Å². The Morgan fingerprint density at radius 1 is 1.10 bits per heavy atom. The first-order valence-corrected chi connectivity index (χ1v) is 13.4. The zero-order valence-electron chi connectivity index (χ0n) is 23.0. The number of hydrogen-bond acceptors (Lipinski definition) is 6. The standard InChI is InChI=1S/C29H37ClN4O5/c1-6-34-17-25(33-27(34)19(4)31-29(37)38-5)21-9-7-20(8-10-21)15-23(13-14-35)32-28(36)22-11-12-26(24(30)16-22)39-18(2)3/h7-12,16-19,23,35H,6,13-15H2,1-5H3,(H,31,37)(H,32,36)/t19-,23-/m1/s1. The Labute approximate surface area is 234 Å². The smallest absolute Gasteiger partial charge is 0.407 e. The molecule has 0 unspecified atom stereocenters. The molecule has 10 heteroatoms. The summed E-state index contributed by atoms with van der Waals surface area (Å²) in [6.07, 6.45) is 2.37. The molecule has 0 bridgehead atoms. The van der Waals surface area contributed by atoms with Crippen LogP contribution in [0.15, 0.2) is 48.7 Å². The number of aliphatic hydroxyl groups excluding tert-OH is 1. The number of nitrogens with one attached hydrogen (secondary N) is 2. The van der Waals surface area contributed by atoms with Crippen molar-refractivity contribution in [1.29, 1.82) is 0 Å². The molecule has 1 heterocycles. The first kappa shape index (κ1) is 30.0. The number of imidazole rings is 1. The quantitative estimate of drug-likeness (QED) is 0.284. The predicted octanol–water partition coefficient (Wildman–Crippen LogP) is 5.15. The van der Waals surface area contributed by atoms with Crippen molar-refractivity contribution >= 4 is 23.6 Å². The lowest BCUT2D eigenvalue weighted by Gasteiger charge is -2.19. The van der Waals surface area contributed by atoms with Gasteiger partial charge < -0.3 is 29.8 Å². The lowest BCUT2D eigenvalue weighted by atomic mass is 10.0. The first-order chi connectivity index (χ1) is 18.6. The van der Waals surface area contributed by atoms with E-state index in [0.717, 1.165) is 22.6 Å². The van der Waals surface area contributed by atoms with Crippen molar-refractivity contribution in [1.82, 2.24) is 20.2 Å². The minimum atomic E-state index is -0.510. The van der Waals surface area contributed by atoms with E-state index in [9.17, 15) is 14.7 Å². The van der Waals surface area contributed by atoms with Crippen molar-refractivity contribution in [2.24, 2.45) is 0 Å². The third-order valence-corrected chi connectivity index (χ3v) is 6.45. The Balaban J connectivity index is 1.70. The molecular weight excluding hydrogens is 520 g/mol. The minimum absolute atomic E-state index is 0.0287. The van der Waals surface area contributed by atoms with E-state index in [1.54, 1.807) is 18.2 Å². The van der Waals surface area contributed by atoms with E-state index >= 15 is 0 Å². The maximum absolute atomic E-state index is 12.9. The van der Waals surface area contributed by atoms with E-state index < -0.39 is 6.09 Å². The number of nitrogens with zero attached hydrogens (tertiary/aromatic N) is 2. The van der Waals surface area contributed by atoms with Crippen molar-refractivity contribution < 1.29 is 24.2 Å². The maximum Gasteiger partial charge on any atom is 0.407 e. The second-order valence-corrected chi connectivity index (χ2v) is 9.93. The molecular formula is C29H37ClN4O5. The summed E-state index contributed by atoms with van der Waals surface area (Å²) in [6.45, 7) is 8.33. The molecule has 0 fully saturated rings. The van der Waals surface area contributed by atoms with Gasteiger partial charge in [0.05, 0.1) is 30.0 Å². The third kappa shape index (κ3) is 8.21. The van der Waals surface area contributed by atoms with Gasteiger partial charge in [0.1, 0.15) is 11.6 Å². The number of carbonyl (C=O) groups excluding carboxylic acids is 2. The molecule has 39 heavy (non-hydrogen) atoms. The van der Waals surface area contributed by atoms with E-state index in [1.165, 1.54) is 7.11 Å². The van der Waals surface area contributed by atoms with Gasteiger partial charge in [-0.3, -0.25) is 4.79 Å². The molecule has 0 radical (unpaired) electrons. The van der Waals surface area contributed by atoms with Crippen LogP contribution in [-0.4, -0.2) is 52.5 Å². The SMILES string of the molecule is CCn1cc(-c2ccc(C[C@@H](CCO)NC(=O)c3ccc(OC(C)C)c(Cl)c3)cc2)nc1[C@@H](C)NC(=O)OC. The van der Waals surface area contributed by atoms with Gasteiger partial charge in [0.25, 0.3) is 5.91 Å². The highest BCUT2D eigenvalue weighted by molar-refractivity contribution is 6.32. The van der Waals surface area contributed by atoms with Gasteiger partial charge in [0.2, 0.25) is 0 Å². The molecule has 3 N–H and O–H groups in total. The Morgan fingerprint density at radius 2 is 1.82 bits per heavy atom. The fraction of sp³-hybridized carbons (Fsp3) is 0.414. The van der Waals surface area contributed by atoms with Crippen LogP contribution in [-0.2, 0) is 17.7 Å². The monoisotopic (exact) mass is 556 g/mol. The predicted molar refractivity (Wildman–Crippen MR) is 151 cm³/mol. The molecule has 0 aliphatic rings. The number of rotatable bonds is 12. The van der Waals surface area contributed by atoms with Crippen LogP contribution in [0.1, 0.15) is 61.9 Å². The van der Waals surface area contributed by atoms with Gasteiger partial charge in [-0.2, -0.15) is 0 Å². The van der Waals surface area contributed by atoms with E-state index in [2.05, 4.69) is 10.6 Å². The van der Waals surface area contributed by atoms with Crippen LogP contribution in [0.2, 0.25) is 5.02 Å². The molecule has 0 saturated heterocycles. The molecule has 2 aromatic carbocycles. The second-order valence-electron chi connectivity index (χ2n) is 9.52. The number of amides is 2. The van der Waals surface area contributed by atoms with Crippen LogP contribution in [0.5, 0.6) is 5.75 Å². The zero-order chi connectivity index (χ0) is 28.5. The number of hydrogen-bond donors (Lipinski definition) is 3. The average molecular weight is 557 g/mol. The molecule has 0 spiro atoms. The summed E-state index contributed by atoms with van der Waals surface area (Å²) >= 11 is 6.30. The number of methoxy groups -OCH3 is 1. The van der Waals surface area contributed by atoms with E-state index in [0.29, 0.717) is 35.7 Å². The van der Waals surface area contributed by atoms with Crippen LogP contribution in [0.25, 0.3) is 11.3 Å². The molecule has 0 aliphatic heterocycles. The molecule has 3 rings (SSSR count). The Hall–Kier alpha value is -3.56. The number of aryl methyl sites for hydroxylation is 1. The lowest BCUT2D eigenvalue weighted by molar-refractivity contribution is 0.0930. The average Bonchev–Trinajstić information content (AvgIpc) is 3.35. The number of alkyl carbamates (subject to hydrolysis) is 1. The van der Waals surface area contributed by atoms with E-state index in [1.807, 2.05) is 62.7 Å². The number of benzene rings is 2. The van der Waals surface area contributed by atoms with Gasteiger partial charge in [0.15, 0.2) is 0 Å². The van der Waals surface area contributed by atoms with Gasteiger partial charge in [-0.05, 0) is 64.3 Å². The van der Waals surface area contributed by atoms with Gasteiger partial charge in [-0.1, -0.05) is 35.9 Å². The van der Waals surface area contributed by atoms with Crippen molar-refractivity contribution in [3.63, 3.8) is 0 Å². The van der Waals surface area contributed by atoms with E-state index in [4.69, 9.17) is 26.1 Å².